The van der Waals surface area contributed by atoms with Gasteiger partial charge in [0.15, 0.2) is 0 Å². The number of aliphatic hydroxyl groups is 3. The lowest BCUT2D eigenvalue weighted by atomic mass is 9.88. The molecule has 0 unspecified atom stereocenters. The zero-order chi connectivity index (χ0) is 19.1. The van der Waals surface area contributed by atoms with Gasteiger partial charge in [0, 0.05) is 17.1 Å². The Hall–Kier alpha value is -2.23. The molecule has 6 N–H and O–H groups in total. The van der Waals surface area contributed by atoms with Gasteiger partial charge >= 0.3 is 17.9 Å². The molecule has 0 bridgehead atoms. The van der Waals surface area contributed by atoms with Crippen molar-refractivity contribution in [2.45, 2.75) is 19.8 Å². The number of carboxylic acids is 3. The van der Waals surface area contributed by atoms with E-state index in [4.69, 9.17) is 30.6 Å². The first-order valence-corrected chi connectivity index (χ1v) is 6.36. The van der Waals surface area contributed by atoms with Crippen LogP contribution >= 0.6 is 0 Å². The largest absolute Gasteiger partial charge is 0.481 e. The zero-order valence-electron chi connectivity index (χ0n) is 12.9. The molecule has 0 heterocycles. The van der Waals surface area contributed by atoms with E-state index in [1.165, 1.54) is 0 Å². The van der Waals surface area contributed by atoms with Gasteiger partial charge in [-0.2, -0.15) is 0 Å². The molecule has 0 fully saturated rings. The van der Waals surface area contributed by atoms with Crippen molar-refractivity contribution < 1.29 is 45.0 Å². The van der Waals surface area contributed by atoms with Gasteiger partial charge in [-0.3, -0.25) is 4.79 Å². The number of rotatable bonds is 8. The average molecular weight is 336 g/mol. The van der Waals surface area contributed by atoms with Gasteiger partial charge in [-0.15, -0.1) is 0 Å². The Labute approximate surface area is 133 Å². The monoisotopic (exact) mass is 336 g/mol. The lowest BCUT2D eigenvalue weighted by Gasteiger charge is -2.24. The van der Waals surface area contributed by atoms with Crippen LogP contribution in [0.25, 0.3) is 0 Å². The first kappa shape index (κ1) is 25.7. The van der Waals surface area contributed by atoms with Crippen LogP contribution in [-0.4, -0.2) is 68.4 Å². The quantitative estimate of drug-likeness (QED) is 0.326. The predicted octanol–water partition coefficient (Wildman–Crippen LogP) is -0.281. The van der Waals surface area contributed by atoms with Crippen LogP contribution in [0.1, 0.15) is 19.8 Å². The van der Waals surface area contributed by atoms with Gasteiger partial charge in [0.1, 0.15) is 0 Å². The molecule has 0 radical (unpaired) electrons. The zero-order valence-corrected chi connectivity index (χ0v) is 12.9. The third kappa shape index (κ3) is 16.0. The summed E-state index contributed by atoms with van der Waals surface area (Å²) in [5.41, 5.74) is -0.970. The lowest BCUT2D eigenvalue weighted by Crippen LogP contribution is -2.32. The minimum atomic E-state index is -1.27. The molecule has 0 aromatic heterocycles. The highest BCUT2D eigenvalue weighted by Crippen LogP contribution is 2.18. The van der Waals surface area contributed by atoms with Crippen LogP contribution in [0.3, 0.4) is 0 Å². The van der Waals surface area contributed by atoms with Crippen molar-refractivity contribution in [3.05, 3.63) is 24.8 Å². The van der Waals surface area contributed by atoms with Crippen molar-refractivity contribution in [1.82, 2.24) is 0 Å². The summed E-state index contributed by atoms with van der Waals surface area (Å²) in [6, 6.07) is 0. The molecule has 0 aromatic carbocycles. The summed E-state index contributed by atoms with van der Waals surface area (Å²) < 4.78 is 0. The van der Waals surface area contributed by atoms with E-state index in [1.807, 2.05) is 6.92 Å². The molecule has 134 valence electrons. The maximum atomic E-state index is 9.87. The minimum Gasteiger partial charge on any atom is -0.481 e. The molecule has 0 saturated heterocycles. The number of hydrogen-bond donors (Lipinski definition) is 6. The molecular weight excluding hydrogens is 312 g/mol. The molecule has 0 aliphatic rings. The number of carboxylic acid groups (broad SMARTS) is 3. The van der Waals surface area contributed by atoms with E-state index in [0.717, 1.165) is 6.08 Å². The van der Waals surface area contributed by atoms with E-state index in [0.29, 0.717) is 6.42 Å². The van der Waals surface area contributed by atoms with E-state index in [-0.39, 0.29) is 25.4 Å². The smallest absolute Gasteiger partial charge is 0.331 e. The van der Waals surface area contributed by atoms with Crippen molar-refractivity contribution in [3.63, 3.8) is 0 Å². The second-order valence-electron chi connectivity index (χ2n) is 4.35. The SMILES string of the molecule is C=C(CC(=O)O)C(=O)O.C=CC(=O)O.CCC(CO)(CO)CO. The molecule has 0 atom stereocenters. The maximum absolute atomic E-state index is 9.87. The molecule has 9 heteroatoms. The molecule has 0 aromatic rings. The number of carbonyl (C=O) groups is 3. The number of aliphatic carboxylic acids is 3. The Balaban J connectivity index is -0.000000273. The summed E-state index contributed by atoms with van der Waals surface area (Å²) in [4.78, 5) is 28.9. The fourth-order valence-electron chi connectivity index (χ4n) is 0.744. The van der Waals surface area contributed by atoms with Crippen molar-refractivity contribution in [3.8, 4) is 0 Å². The molecule has 0 spiro atoms. The van der Waals surface area contributed by atoms with Crippen LogP contribution in [0.15, 0.2) is 24.8 Å². The molecule has 0 amide bonds. The third-order valence-electron chi connectivity index (χ3n) is 2.60. The standard InChI is InChI=1S/C6H14O3.C5H6O4.C3H4O2/c1-2-6(3-7,4-8)5-9;1-3(5(8)9)2-4(6)7;1-2-3(4)5/h7-9H,2-5H2,1H3;1-2H2,(H,6,7)(H,8,9);2H,1H2,(H,4,5). The Morgan fingerprint density at radius 3 is 1.39 bits per heavy atom. The molecule has 0 saturated carbocycles. The summed E-state index contributed by atoms with van der Waals surface area (Å²) in [5, 5.41) is 49.7. The van der Waals surface area contributed by atoms with E-state index in [9.17, 15) is 14.4 Å². The third-order valence-corrected chi connectivity index (χ3v) is 2.60. The fraction of sp³-hybridized carbons (Fsp3) is 0.500. The van der Waals surface area contributed by atoms with E-state index in [2.05, 4.69) is 13.2 Å². The van der Waals surface area contributed by atoms with E-state index >= 15 is 0 Å². The normalized spacial score (nSPS) is 9.39. The summed E-state index contributed by atoms with van der Waals surface area (Å²) in [6.07, 6.45) is 0.922. The van der Waals surface area contributed by atoms with Gasteiger partial charge in [0.25, 0.3) is 0 Å². The second kappa shape index (κ2) is 14.7. The molecule has 0 aliphatic heterocycles. The van der Waals surface area contributed by atoms with Gasteiger partial charge < -0.3 is 30.6 Å². The van der Waals surface area contributed by atoms with Crippen molar-refractivity contribution in [2.75, 3.05) is 19.8 Å². The van der Waals surface area contributed by atoms with Crippen LogP contribution in [-0.2, 0) is 14.4 Å². The minimum absolute atomic E-state index is 0.156. The highest BCUT2D eigenvalue weighted by molar-refractivity contribution is 5.91. The highest BCUT2D eigenvalue weighted by atomic mass is 16.4. The Kier molecular flexibility index (Phi) is 16.4. The van der Waals surface area contributed by atoms with Crippen molar-refractivity contribution in [2.24, 2.45) is 5.41 Å². The summed E-state index contributed by atoms with van der Waals surface area (Å²) in [6.45, 7) is 7.33. The molecular formula is C14H24O9. The molecule has 9 nitrogen and oxygen atoms in total. The molecule has 0 rings (SSSR count). The van der Waals surface area contributed by atoms with Crippen molar-refractivity contribution >= 4 is 17.9 Å². The lowest BCUT2D eigenvalue weighted by molar-refractivity contribution is -0.139. The van der Waals surface area contributed by atoms with Gasteiger partial charge in [-0.05, 0) is 6.42 Å². The van der Waals surface area contributed by atoms with Crippen molar-refractivity contribution in [1.29, 1.82) is 0 Å². The molecule has 23 heavy (non-hydrogen) atoms. The van der Waals surface area contributed by atoms with Crippen LogP contribution in [0.2, 0.25) is 0 Å². The highest BCUT2D eigenvalue weighted by Gasteiger charge is 2.24. The first-order valence-electron chi connectivity index (χ1n) is 6.36. The van der Waals surface area contributed by atoms with Crippen LogP contribution in [0, 0.1) is 5.41 Å². The predicted molar refractivity (Wildman–Crippen MR) is 80.8 cm³/mol. The van der Waals surface area contributed by atoms with E-state index in [1.54, 1.807) is 0 Å². The fourth-order valence-corrected chi connectivity index (χ4v) is 0.744. The molecule has 0 aliphatic carbocycles. The average Bonchev–Trinajstić information content (AvgIpc) is 2.50. The number of hydrogen-bond acceptors (Lipinski definition) is 6. The summed E-state index contributed by atoms with van der Waals surface area (Å²) in [5.74, 6) is -3.43. The summed E-state index contributed by atoms with van der Waals surface area (Å²) in [7, 11) is 0. The number of aliphatic hydroxyl groups excluding tert-OH is 3. The Morgan fingerprint density at radius 2 is 1.35 bits per heavy atom. The van der Waals surface area contributed by atoms with Crippen LogP contribution in [0.4, 0.5) is 0 Å². The van der Waals surface area contributed by atoms with Gasteiger partial charge in [0.05, 0.1) is 26.2 Å². The van der Waals surface area contributed by atoms with Crippen LogP contribution in [0.5, 0.6) is 0 Å². The summed E-state index contributed by atoms with van der Waals surface area (Å²) >= 11 is 0. The van der Waals surface area contributed by atoms with Gasteiger partial charge in [-0.25, -0.2) is 9.59 Å². The first-order chi connectivity index (χ1) is 10.5. The maximum Gasteiger partial charge on any atom is 0.331 e. The Bertz CT molecular complexity index is 380. The van der Waals surface area contributed by atoms with Gasteiger partial charge in [-0.1, -0.05) is 20.1 Å². The second-order valence-corrected chi connectivity index (χ2v) is 4.35. The van der Waals surface area contributed by atoms with E-state index < -0.39 is 29.7 Å². The van der Waals surface area contributed by atoms with Crippen LogP contribution < -0.4 is 0 Å². The van der Waals surface area contributed by atoms with Gasteiger partial charge in [0.2, 0.25) is 0 Å². The topological polar surface area (TPSA) is 173 Å². The Morgan fingerprint density at radius 1 is 1.00 bits per heavy atom.